The predicted molar refractivity (Wildman–Crippen MR) is 113 cm³/mol. The lowest BCUT2D eigenvalue weighted by Gasteiger charge is -2.23. The summed E-state index contributed by atoms with van der Waals surface area (Å²) in [6.45, 7) is 11.8. The van der Waals surface area contributed by atoms with Crippen LogP contribution in [0.5, 0.6) is 0 Å². The summed E-state index contributed by atoms with van der Waals surface area (Å²) < 4.78 is 32.6. The number of benzene rings is 1. The molecule has 0 radical (unpaired) electrons. The summed E-state index contributed by atoms with van der Waals surface area (Å²) >= 11 is 0. The zero-order chi connectivity index (χ0) is 22.1. The highest BCUT2D eigenvalue weighted by Crippen LogP contribution is 2.35. The summed E-state index contributed by atoms with van der Waals surface area (Å²) in [6.07, 6.45) is 1.04. The number of carbonyl (C=O) groups is 1. The average Bonchev–Trinajstić information content (AvgIpc) is 2.66. The SMILES string of the molecule is COC(=O)c1ccc(=O)n(S(=O)(=O)c2c(C(C)C)cc(C(C)C)cc2C(C)C)c1. The van der Waals surface area contributed by atoms with Crippen LogP contribution in [0.4, 0.5) is 0 Å². The van der Waals surface area contributed by atoms with Crippen LogP contribution in [0.1, 0.15) is 86.3 Å². The van der Waals surface area contributed by atoms with Crippen LogP contribution in [0.25, 0.3) is 0 Å². The predicted octanol–water partition coefficient (Wildman–Crippen LogP) is 4.24. The molecule has 0 N–H and O–H groups in total. The summed E-state index contributed by atoms with van der Waals surface area (Å²) in [6, 6.07) is 6.14. The number of hydrogen-bond donors (Lipinski definition) is 0. The Kier molecular flexibility index (Phi) is 6.73. The molecule has 7 heteroatoms. The molecule has 0 unspecified atom stereocenters. The summed E-state index contributed by atoms with van der Waals surface area (Å²) in [5.41, 5.74) is 1.64. The molecule has 0 spiro atoms. The number of methoxy groups -OCH3 is 1. The van der Waals surface area contributed by atoms with Crippen molar-refractivity contribution < 1.29 is 17.9 Å². The van der Waals surface area contributed by atoms with E-state index in [1.807, 2.05) is 39.8 Å². The van der Waals surface area contributed by atoms with E-state index in [0.29, 0.717) is 15.1 Å². The highest BCUT2D eigenvalue weighted by atomic mass is 32.2. The van der Waals surface area contributed by atoms with Gasteiger partial charge in [-0.15, -0.1) is 0 Å². The molecule has 1 aromatic carbocycles. The number of hydrogen-bond acceptors (Lipinski definition) is 5. The molecule has 6 nitrogen and oxygen atoms in total. The van der Waals surface area contributed by atoms with Gasteiger partial charge in [0.1, 0.15) is 0 Å². The van der Waals surface area contributed by atoms with Crippen LogP contribution in [0.2, 0.25) is 0 Å². The molecule has 2 aromatic rings. The van der Waals surface area contributed by atoms with E-state index >= 15 is 0 Å². The monoisotopic (exact) mass is 419 g/mol. The van der Waals surface area contributed by atoms with E-state index in [4.69, 9.17) is 0 Å². The van der Waals surface area contributed by atoms with Gasteiger partial charge in [-0.25, -0.2) is 17.2 Å². The number of carbonyl (C=O) groups excluding carboxylic acids is 1. The molecule has 0 aliphatic heterocycles. The molecule has 0 aliphatic carbocycles. The number of ether oxygens (including phenoxy) is 1. The summed E-state index contributed by atoms with van der Waals surface area (Å²) in [4.78, 5) is 24.5. The Bertz CT molecular complexity index is 1050. The fraction of sp³-hybridized carbons (Fsp3) is 0.455. The molecule has 0 atom stereocenters. The second-order valence-corrected chi connectivity index (χ2v) is 9.79. The van der Waals surface area contributed by atoms with E-state index < -0.39 is 21.6 Å². The third kappa shape index (κ3) is 4.45. The Labute approximate surface area is 172 Å². The van der Waals surface area contributed by atoms with Gasteiger partial charge in [0.05, 0.1) is 17.6 Å². The maximum Gasteiger partial charge on any atom is 0.339 e. The van der Waals surface area contributed by atoms with Gasteiger partial charge < -0.3 is 4.74 Å². The van der Waals surface area contributed by atoms with Gasteiger partial charge in [-0.2, -0.15) is 0 Å². The van der Waals surface area contributed by atoms with Gasteiger partial charge in [0.25, 0.3) is 15.6 Å². The van der Waals surface area contributed by atoms with E-state index in [1.54, 1.807) is 0 Å². The minimum absolute atomic E-state index is 0.00771. The van der Waals surface area contributed by atoms with Crippen molar-refractivity contribution >= 4 is 16.0 Å². The maximum absolute atomic E-state index is 13.7. The van der Waals surface area contributed by atoms with Crippen molar-refractivity contribution in [2.45, 2.75) is 64.2 Å². The van der Waals surface area contributed by atoms with Crippen molar-refractivity contribution in [1.29, 1.82) is 0 Å². The van der Waals surface area contributed by atoms with Crippen molar-refractivity contribution in [3.63, 3.8) is 0 Å². The third-order valence-corrected chi connectivity index (χ3v) is 6.69. The Morgan fingerprint density at radius 3 is 1.86 bits per heavy atom. The minimum atomic E-state index is -4.23. The highest BCUT2D eigenvalue weighted by Gasteiger charge is 2.29. The molecule has 0 fully saturated rings. The molecule has 0 amide bonds. The second-order valence-electron chi connectivity index (χ2n) is 8.04. The lowest BCUT2D eigenvalue weighted by atomic mass is 9.89. The maximum atomic E-state index is 13.7. The highest BCUT2D eigenvalue weighted by molar-refractivity contribution is 7.90. The van der Waals surface area contributed by atoms with Gasteiger partial charge in [-0.05, 0) is 40.5 Å². The molecule has 0 saturated carbocycles. The van der Waals surface area contributed by atoms with Crippen LogP contribution in [-0.4, -0.2) is 25.5 Å². The lowest BCUT2D eigenvalue weighted by molar-refractivity contribution is 0.0600. The zero-order valence-corrected chi connectivity index (χ0v) is 18.8. The molecule has 1 heterocycles. The first-order chi connectivity index (χ1) is 13.4. The first kappa shape index (κ1) is 22.9. The van der Waals surface area contributed by atoms with Crippen molar-refractivity contribution in [2.75, 3.05) is 7.11 Å². The summed E-state index contributed by atoms with van der Waals surface area (Å²) in [7, 11) is -3.03. The Balaban J connectivity index is 2.92. The van der Waals surface area contributed by atoms with E-state index in [-0.39, 0.29) is 28.2 Å². The van der Waals surface area contributed by atoms with Crippen LogP contribution in [-0.2, 0) is 14.8 Å². The van der Waals surface area contributed by atoms with Gasteiger partial charge in [-0.3, -0.25) is 4.79 Å². The summed E-state index contributed by atoms with van der Waals surface area (Å²) in [5.74, 6) is -0.629. The molecule has 0 aliphatic rings. The normalized spacial score (nSPS) is 12.1. The molecule has 1 aromatic heterocycles. The van der Waals surface area contributed by atoms with Gasteiger partial charge in [-0.1, -0.05) is 53.7 Å². The molecule has 2 rings (SSSR count). The van der Waals surface area contributed by atoms with Crippen molar-refractivity contribution in [3.05, 3.63) is 63.1 Å². The minimum Gasteiger partial charge on any atom is -0.465 e. The van der Waals surface area contributed by atoms with E-state index in [0.717, 1.165) is 17.8 Å². The van der Waals surface area contributed by atoms with Crippen LogP contribution < -0.4 is 5.56 Å². The molecule has 0 saturated heterocycles. The average molecular weight is 420 g/mol. The van der Waals surface area contributed by atoms with Crippen LogP contribution in [0.15, 0.2) is 40.2 Å². The number of aromatic nitrogens is 1. The van der Waals surface area contributed by atoms with Crippen LogP contribution in [0, 0.1) is 0 Å². The van der Waals surface area contributed by atoms with Crippen molar-refractivity contribution in [1.82, 2.24) is 3.97 Å². The van der Waals surface area contributed by atoms with Crippen LogP contribution in [0.3, 0.4) is 0 Å². The van der Waals surface area contributed by atoms with E-state index in [9.17, 15) is 18.0 Å². The van der Waals surface area contributed by atoms with Crippen molar-refractivity contribution in [3.8, 4) is 0 Å². The third-order valence-electron chi connectivity index (χ3n) is 4.90. The second kappa shape index (κ2) is 8.53. The fourth-order valence-corrected chi connectivity index (χ4v) is 5.11. The van der Waals surface area contributed by atoms with E-state index in [1.165, 1.54) is 13.2 Å². The topological polar surface area (TPSA) is 82.4 Å². The van der Waals surface area contributed by atoms with Gasteiger partial charge in [0.2, 0.25) is 0 Å². The van der Waals surface area contributed by atoms with Crippen molar-refractivity contribution in [2.24, 2.45) is 0 Å². The number of rotatable bonds is 6. The Morgan fingerprint density at radius 2 is 1.45 bits per heavy atom. The number of nitrogens with zero attached hydrogens (tertiary/aromatic N) is 1. The number of esters is 1. The van der Waals surface area contributed by atoms with Gasteiger partial charge in [0, 0.05) is 12.3 Å². The lowest BCUT2D eigenvalue weighted by Crippen LogP contribution is -2.29. The Hall–Kier alpha value is -2.41. The molecule has 0 bridgehead atoms. The molecular weight excluding hydrogens is 390 g/mol. The summed E-state index contributed by atoms with van der Waals surface area (Å²) in [5, 5.41) is 0. The molecule has 158 valence electrons. The zero-order valence-electron chi connectivity index (χ0n) is 18.0. The molecular formula is C22H29NO5S. The smallest absolute Gasteiger partial charge is 0.339 e. The first-order valence-electron chi connectivity index (χ1n) is 9.66. The van der Waals surface area contributed by atoms with Gasteiger partial charge >= 0.3 is 5.97 Å². The van der Waals surface area contributed by atoms with Crippen LogP contribution >= 0.6 is 0 Å². The Morgan fingerprint density at radius 1 is 0.931 bits per heavy atom. The standard InChI is InChI=1S/C22H29NO5S/c1-13(2)17-10-18(14(3)4)21(19(11-17)15(5)6)29(26,27)23-12-16(22(25)28-7)8-9-20(23)24/h8-15H,1-7H3. The number of pyridine rings is 1. The fourth-order valence-electron chi connectivity index (χ4n) is 3.18. The quantitative estimate of drug-likeness (QED) is 0.654. The molecule has 29 heavy (non-hydrogen) atoms. The van der Waals surface area contributed by atoms with Gasteiger partial charge in [0.15, 0.2) is 0 Å². The first-order valence-corrected chi connectivity index (χ1v) is 11.1. The van der Waals surface area contributed by atoms with E-state index in [2.05, 4.69) is 18.6 Å². The largest absolute Gasteiger partial charge is 0.465 e.